The Morgan fingerprint density at radius 1 is 1.53 bits per heavy atom. The van der Waals surface area contributed by atoms with Crippen LogP contribution >= 0.6 is 0 Å². The van der Waals surface area contributed by atoms with E-state index >= 15 is 0 Å². The molecule has 5 heteroatoms. The number of nitriles is 1. The van der Waals surface area contributed by atoms with Gasteiger partial charge in [-0.2, -0.15) is 5.26 Å². The smallest absolute Gasteiger partial charge is 0.317 e. The largest absolute Gasteiger partial charge is 0.322 e. The van der Waals surface area contributed by atoms with Gasteiger partial charge in [0, 0.05) is 25.3 Å². The summed E-state index contributed by atoms with van der Waals surface area (Å²) in [7, 11) is 0. The maximum Gasteiger partial charge on any atom is 0.322 e. The fourth-order valence-corrected chi connectivity index (χ4v) is 2.22. The number of nitrogens with one attached hydrogen (secondary N) is 2. The van der Waals surface area contributed by atoms with Crippen LogP contribution in [0, 0.1) is 11.3 Å². The van der Waals surface area contributed by atoms with Gasteiger partial charge in [0.15, 0.2) is 0 Å². The van der Waals surface area contributed by atoms with E-state index in [4.69, 9.17) is 5.26 Å². The van der Waals surface area contributed by atoms with Gasteiger partial charge in [0.25, 0.3) is 0 Å². The summed E-state index contributed by atoms with van der Waals surface area (Å²) in [5, 5.41) is 15.0. The van der Waals surface area contributed by atoms with E-state index in [9.17, 15) is 4.79 Å². The molecule has 1 aliphatic rings. The van der Waals surface area contributed by atoms with Crippen LogP contribution in [0.1, 0.15) is 19.4 Å². The molecule has 0 aromatic heterocycles. The summed E-state index contributed by atoms with van der Waals surface area (Å²) in [6.07, 6.45) is 0. The summed E-state index contributed by atoms with van der Waals surface area (Å²) < 4.78 is 0. The molecule has 0 atom stereocenters. The van der Waals surface area contributed by atoms with Crippen LogP contribution in [0.2, 0.25) is 0 Å². The summed E-state index contributed by atoms with van der Waals surface area (Å²) in [5.41, 5.74) is 0.977. The number of nitrogens with zero attached hydrogens (tertiary/aromatic N) is 2. The Balaban J connectivity index is 2.10. The van der Waals surface area contributed by atoms with Crippen LogP contribution in [-0.4, -0.2) is 36.1 Å². The predicted octanol–water partition coefficient (Wildman–Crippen LogP) is 1.77. The van der Waals surface area contributed by atoms with Crippen LogP contribution < -0.4 is 10.6 Å². The Bertz CT molecular complexity index is 518. The predicted molar refractivity (Wildman–Crippen MR) is 73.8 cm³/mol. The fraction of sp³-hybridized carbons (Fsp3) is 0.429. The highest BCUT2D eigenvalue weighted by Crippen LogP contribution is 2.18. The maximum atomic E-state index is 12.3. The maximum absolute atomic E-state index is 12.3. The number of hydrogen-bond donors (Lipinski definition) is 2. The number of hydrogen-bond acceptors (Lipinski definition) is 3. The minimum atomic E-state index is -0.213. The first-order valence-corrected chi connectivity index (χ1v) is 6.32. The third-order valence-corrected chi connectivity index (χ3v) is 3.29. The van der Waals surface area contributed by atoms with Gasteiger partial charge in [-0.05, 0) is 32.0 Å². The van der Waals surface area contributed by atoms with Gasteiger partial charge in [-0.25, -0.2) is 4.79 Å². The molecule has 1 fully saturated rings. The van der Waals surface area contributed by atoms with E-state index in [0.717, 1.165) is 13.1 Å². The van der Waals surface area contributed by atoms with Crippen LogP contribution in [0.15, 0.2) is 24.3 Å². The lowest BCUT2D eigenvalue weighted by Crippen LogP contribution is -2.60. The SMILES string of the molecule is CC1(C)CNCCN1C(=O)Nc1cccc(C#N)c1. The summed E-state index contributed by atoms with van der Waals surface area (Å²) >= 11 is 0. The van der Waals surface area contributed by atoms with Crippen molar-refractivity contribution in [3.8, 4) is 6.07 Å². The number of rotatable bonds is 1. The Morgan fingerprint density at radius 2 is 2.32 bits per heavy atom. The highest BCUT2D eigenvalue weighted by molar-refractivity contribution is 5.90. The quantitative estimate of drug-likeness (QED) is 0.806. The Kier molecular flexibility index (Phi) is 3.72. The zero-order valence-electron chi connectivity index (χ0n) is 11.2. The van der Waals surface area contributed by atoms with E-state index in [-0.39, 0.29) is 11.6 Å². The second-order valence-corrected chi connectivity index (χ2v) is 5.26. The van der Waals surface area contributed by atoms with Gasteiger partial charge in [-0.1, -0.05) is 6.07 Å². The van der Waals surface area contributed by atoms with E-state index < -0.39 is 0 Å². The molecule has 100 valence electrons. The van der Waals surface area contributed by atoms with Crippen molar-refractivity contribution >= 4 is 11.7 Å². The number of benzene rings is 1. The third kappa shape index (κ3) is 3.04. The molecule has 0 saturated carbocycles. The van der Waals surface area contributed by atoms with Crippen molar-refractivity contribution in [2.75, 3.05) is 25.0 Å². The first-order chi connectivity index (χ1) is 9.03. The number of urea groups is 1. The zero-order valence-corrected chi connectivity index (χ0v) is 11.2. The van der Waals surface area contributed by atoms with Gasteiger partial charge in [-0.15, -0.1) is 0 Å². The summed E-state index contributed by atoms with van der Waals surface area (Å²) in [4.78, 5) is 14.1. The van der Waals surface area contributed by atoms with Crippen molar-refractivity contribution in [2.24, 2.45) is 0 Å². The molecule has 0 spiro atoms. The fourth-order valence-electron chi connectivity index (χ4n) is 2.22. The van der Waals surface area contributed by atoms with Gasteiger partial charge in [0.05, 0.1) is 17.2 Å². The first-order valence-electron chi connectivity index (χ1n) is 6.32. The van der Waals surface area contributed by atoms with Crippen molar-refractivity contribution in [2.45, 2.75) is 19.4 Å². The lowest BCUT2D eigenvalue weighted by Gasteiger charge is -2.42. The molecule has 2 rings (SSSR count). The van der Waals surface area contributed by atoms with Gasteiger partial charge in [0.1, 0.15) is 0 Å². The van der Waals surface area contributed by atoms with Crippen molar-refractivity contribution in [3.63, 3.8) is 0 Å². The number of amides is 2. The summed E-state index contributed by atoms with van der Waals surface area (Å²) in [6.45, 7) is 6.32. The van der Waals surface area contributed by atoms with Crippen LogP contribution in [0.3, 0.4) is 0 Å². The average Bonchev–Trinajstić information content (AvgIpc) is 2.38. The Hall–Kier alpha value is -2.06. The van der Waals surface area contributed by atoms with Crippen molar-refractivity contribution in [1.29, 1.82) is 5.26 Å². The number of anilines is 1. The van der Waals surface area contributed by atoms with Crippen molar-refractivity contribution in [1.82, 2.24) is 10.2 Å². The second kappa shape index (κ2) is 5.29. The lowest BCUT2D eigenvalue weighted by atomic mass is 10.0. The van der Waals surface area contributed by atoms with E-state index in [0.29, 0.717) is 17.8 Å². The third-order valence-electron chi connectivity index (χ3n) is 3.29. The normalized spacial score (nSPS) is 17.6. The van der Waals surface area contributed by atoms with Gasteiger partial charge < -0.3 is 15.5 Å². The van der Waals surface area contributed by atoms with Gasteiger partial charge in [-0.3, -0.25) is 0 Å². The molecule has 0 bridgehead atoms. The first kappa shape index (κ1) is 13.4. The average molecular weight is 258 g/mol. The highest BCUT2D eigenvalue weighted by Gasteiger charge is 2.33. The zero-order chi connectivity index (χ0) is 13.9. The molecule has 0 radical (unpaired) electrons. The molecule has 19 heavy (non-hydrogen) atoms. The van der Waals surface area contributed by atoms with Crippen molar-refractivity contribution in [3.05, 3.63) is 29.8 Å². The van der Waals surface area contributed by atoms with Crippen LogP contribution in [0.5, 0.6) is 0 Å². The highest BCUT2D eigenvalue weighted by atomic mass is 16.2. The van der Waals surface area contributed by atoms with Gasteiger partial charge in [0.2, 0.25) is 0 Å². The monoisotopic (exact) mass is 258 g/mol. The Labute approximate surface area is 113 Å². The minimum absolute atomic E-state index is 0.124. The summed E-state index contributed by atoms with van der Waals surface area (Å²) in [6, 6.07) is 8.87. The molecular weight excluding hydrogens is 240 g/mol. The molecule has 1 aromatic carbocycles. The Morgan fingerprint density at radius 3 is 3.00 bits per heavy atom. The topological polar surface area (TPSA) is 68.2 Å². The number of carbonyl (C=O) groups excluding carboxylic acids is 1. The van der Waals surface area contributed by atoms with E-state index in [1.807, 2.05) is 18.7 Å². The lowest BCUT2D eigenvalue weighted by molar-refractivity contribution is 0.123. The number of carbonyl (C=O) groups is 1. The standard InChI is InChI=1S/C14H18N4O/c1-14(2)10-16-6-7-18(14)13(19)17-12-5-3-4-11(8-12)9-15/h3-5,8,16H,6-7,10H2,1-2H3,(H,17,19). The summed E-state index contributed by atoms with van der Waals surface area (Å²) in [5.74, 6) is 0. The van der Waals surface area contributed by atoms with Gasteiger partial charge >= 0.3 is 6.03 Å². The molecule has 1 aromatic rings. The second-order valence-electron chi connectivity index (χ2n) is 5.26. The van der Waals surface area contributed by atoms with Crippen LogP contribution in [0.4, 0.5) is 10.5 Å². The molecule has 0 aliphatic carbocycles. The van der Waals surface area contributed by atoms with Crippen LogP contribution in [-0.2, 0) is 0 Å². The van der Waals surface area contributed by atoms with E-state index in [1.165, 1.54) is 0 Å². The molecule has 1 heterocycles. The molecule has 1 saturated heterocycles. The molecule has 5 nitrogen and oxygen atoms in total. The van der Waals surface area contributed by atoms with Crippen LogP contribution in [0.25, 0.3) is 0 Å². The number of piperazine rings is 1. The molecule has 2 amide bonds. The molecule has 0 unspecified atom stereocenters. The molecule has 1 aliphatic heterocycles. The van der Waals surface area contributed by atoms with Crippen molar-refractivity contribution < 1.29 is 4.79 Å². The van der Waals surface area contributed by atoms with E-state index in [1.54, 1.807) is 24.3 Å². The van der Waals surface area contributed by atoms with E-state index in [2.05, 4.69) is 16.7 Å². The minimum Gasteiger partial charge on any atom is -0.317 e. The molecular formula is C14H18N4O. The molecule has 2 N–H and O–H groups in total.